The maximum Gasteiger partial charge on any atom is 0.460 e. The van der Waals surface area contributed by atoms with E-state index in [0.29, 0.717) is 0 Å². The van der Waals surface area contributed by atoms with Crippen molar-refractivity contribution in [3.05, 3.63) is 12.2 Å². The van der Waals surface area contributed by atoms with E-state index in [2.05, 4.69) is 6.58 Å². The molecule has 1 saturated heterocycles. The molecule has 0 aromatic heterocycles. The second-order valence-corrected chi connectivity index (χ2v) is 5.67. The second-order valence-electron chi connectivity index (χ2n) is 5.67. The van der Waals surface area contributed by atoms with Crippen LogP contribution < -0.4 is 0 Å². The van der Waals surface area contributed by atoms with Crippen LogP contribution in [0, 0.1) is 0 Å². The zero-order chi connectivity index (χ0) is 22.0. The van der Waals surface area contributed by atoms with Crippen LogP contribution in [-0.2, 0) is 4.79 Å². The van der Waals surface area contributed by atoms with Crippen molar-refractivity contribution < 1.29 is 61.9 Å². The van der Waals surface area contributed by atoms with Crippen molar-refractivity contribution in [1.82, 2.24) is 4.90 Å². The highest BCUT2D eigenvalue weighted by Gasteiger charge is 2.92. The van der Waals surface area contributed by atoms with Crippen LogP contribution >= 0.6 is 0 Å². The number of carbonyl (C=O) groups excluding carboxylic acids is 1. The van der Waals surface area contributed by atoms with E-state index >= 15 is 0 Å². The van der Waals surface area contributed by atoms with Gasteiger partial charge in [-0.05, 0) is 6.92 Å². The summed E-state index contributed by atoms with van der Waals surface area (Å²) < 4.78 is 168. The molecule has 1 fully saturated rings. The van der Waals surface area contributed by atoms with Gasteiger partial charge in [0.1, 0.15) is 6.04 Å². The summed E-state index contributed by atoms with van der Waals surface area (Å²) in [6, 6.07) is -3.14. The molecule has 1 atom stereocenters. The first-order chi connectivity index (χ1) is 11.6. The Morgan fingerprint density at radius 1 is 0.778 bits per heavy atom. The number of amides is 1. The molecule has 15 heteroatoms. The summed E-state index contributed by atoms with van der Waals surface area (Å²) in [6.07, 6.45) is -7.45. The monoisotopic (exact) mass is 429 g/mol. The van der Waals surface area contributed by atoms with Crippen molar-refractivity contribution in [1.29, 1.82) is 0 Å². The SMILES string of the molecule is C=C(C)C(=O)N1CC1C(F)(F)C(F)(F)C(F)(F)C(F)(F)C(F)(F)C(F)(F)F. The normalized spacial score (nSPS) is 19.9. The molecule has 0 N–H and O–H groups in total. The first-order valence-electron chi connectivity index (χ1n) is 6.51. The van der Waals surface area contributed by atoms with E-state index in [4.69, 9.17) is 0 Å². The van der Waals surface area contributed by atoms with Gasteiger partial charge in [-0.1, -0.05) is 6.58 Å². The van der Waals surface area contributed by atoms with Gasteiger partial charge in [0.15, 0.2) is 0 Å². The van der Waals surface area contributed by atoms with Gasteiger partial charge < -0.3 is 4.90 Å². The molecule has 2 nitrogen and oxygen atoms in total. The van der Waals surface area contributed by atoms with Crippen molar-refractivity contribution >= 4 is 5.91 Å². The average molecular weight is 429 g/mol. The van der Waals surface area contributed by atoms with Gasteiger partial charge in [0.2, 0.25) is 5.91 Å². The minimum atomic E-state index is -7.94. The molecule has 1 aliphatic heterocycles. The molecule has 0 aromatic rings. The highest BCUT2D eigenvalue weighted by molar-refractivity contribution is 5.94. The fraction of sp³-hybridized carbons (Fsp3) is 0.750. The molecule has 1 amide bonds. The third-order valence-electron chi connectivity index (χ3n) is 3.61. The molecule has 1 unspecified atom stereocenters. The lowest BCUT2D eigenvalue weighted by atomic mass is 9.92. The molecule has 0 bridgehead atoms. The van der Waals surface area contributed by atoms with E-state index in [9.17, 15) is 61.9 Å². The minimum absolute atomic E-state index is 0.216. The van der Waals surface area contributed by atoms with Crippen LogP contribution in [-0.4, -0.2) is 59.2 Å². The first-order valence-corrected chi connectivity index (χ1v) is 6.51. The van der Waals surface area contributed by atoms with Gasteiger partial charge in [0.25, 0.3) is 0 Å². The molecule has 1 heterocycles. The molecule has 1 rings (SSSR count). The Hall–Kier alpha value is -1.70. The minimum Gasteiger partial charge on any atom is -0.326 e. The summed E-state index contributed by atoms with van der Waals surface area (Å²) in [5.74, 6) is -38.7. The standard InChI is InChI=1S/C12H8F13NO/c1-4(2)6(27)26-3-5(26)7(13,14)8(15,16)9(17,18)10(19,20)11(21,22)12(23,24)25/h5H,1,3H2,2H3. The fourth-order valence-corrected chi connectivity index (χ4v) is 1.91. The maximum absolute atomic E-state index is 13.7. The molecule has 0 saturated carbocycles. The zero-order valence-corrected chi connectivity index (χ0v) is 12.8. The Morgan fingerprint density at radius 3 is 1.48 bits per heavy atom. The summed E-state index contributed by atoms with van der Waals surface area (Å²) in [6.45, 7) is 2.45. The summed E-state index contributed by atoms with van der Waals surface area (Å²) in [4.78, 5) is 11.1. The van der Waals surface area contributed by atoms with Gasteiger partial charge in [0, 0.05) is 12.1 Å². The van der Waals surface area contributed by atoms with Gasteiger partial charge in [-0.15, -0.1) is 0 Å². The Morgan fingerprint density at radius 2 is 1.15 bits per heavy atom. The molecular weight excluding hydrogens is 421 g/mol. The van der Waals surface area contributed by atoms with Gasteiger partial charge in [-0.2, -0.15) is 57.1 Å². The predicted molar refractivity (Wildman–Crippen MR) is 61.1 cm³/mol. The fourth-order valence-electron chi connectivity index (χ4n) is 1.91. The topological polar surface area (TPSA) is 20.1 Å². The lowest BCUT2D eigenvalue weighted by Crippen LogP contribution is -2.71. The number of rotatable bonds is 6. The van der Waals surface area contributed by atoms with E-state index in [1.165, 1.54) is 0 Å². The van der Waals surface area contributed by atoms with Crippen LogP contribution in [0.1, 0.15) is 6.92 Å². The van der Waals surface area contributed by atoms with Crippen molar-refractivity contribution in [2.75, 3.05) is 6.54 Å². The van der Waals surface area contributed by atoms with E-state index in [0.717, 1.165) is 6.92 Å². The number of hydrogen-bond donors (Lipinski definition) is 0. The van der Waals surface area contributed by atoms with Crippen molar-refractivity contribution in [3.8, 4) is 0 Å². The Balaban J connectivity index is 3.36. The quantitative estimate of drug-likeness (QED) is 0.346. The van der Waals surface area contributed by atoms with Gasteiger partial charge >= 0.3 is 35.8 Å². The Labute approximate surface area is 141 Å². The van der Waals surface area contributed by atoms with Crippen LogP contribution in [0.15, 0.2) is 12.2 Å². The van der Waals surface area contributed by atoms with Crippen LogP contribution in [0.4, 0.5) is 57.1 Å². The van der Waals surface area contributed by atoms with E-state index in [-0.39, 0.29) is 4.90 Å². The summed E-state index contributed by atoms with van der Waals surface area (Å²) in [5, 5.41) is 0. The first kappa shape index (κ1) is 23.3. The largest absolute Gasteiger partial charge is 0.460 e. The number of hydrogen-bond acceptors (Lipinski definition) is 1. The highest BCUT2D eigenvalue weighted by atomic mass is 19.4. The molecule has 0 aliphatic carbocycles. The number of halogens is 13. The maximum atomic E-state index is 13.7. The summed E-state index contributed by atoms with van der Waals surface area (Å²) >= 11 is 0. The summed E-state index contributed by atoms with van der Waals surface area (Å²) in [7, 11) is 0. The van der Waals surface area contributed by atoms with Gasteiger partial charge in [0.05, 0.1) is 0 Å². The Kier molecular flexibility index (Phi) is 5.10. The third kappa shape index (κ3) is 3.02. The average Bonchev–Trinajstić information content (AvgIpc) is 3.25. The van der Waals surface area contributed by atoms with Crippen LogP contribution in [0.3, 0.4) is 0 Å². The molecule has 0 spiro atoms. The van der Waals surface area contributed by atoms with Crippen molar-refractivity contribution in [2.45, 2.75) is 48.8 Å². The molecule has 27 heavy (non-hydrogen) atoms. The molecule has 158 valence electrons. The number of carbonyl (C=O) groups is 1. The smallest absolute Gasteiger partial charge is 0.326 e. The van der Waals surface area contributed by atoms with Gasteiger partial charge in [-0.25, -0.2) is 0 Å². The number of nitrogens with zero attached hydrogens (tertiary/aromatic N) is 1. The van der Waals surface area contributed by atoms with Crippen LogP contribution in [0.5, 0.6) is 0 Å². The van der Waals surface area contributed by atoms with Gasteiger partial charge in [-0.3, -0.25) is 4.79 Å². The highest BCUT2D eigenvalue weighted by Crippen LogP contribution is 2.61. The molecule has 0 radical (unpaired) electrons. The van der Waals surface area contributed by atoms with Crippen molar-refractivity contribution in [3.63, 3.8) is 0 Å². The lowest BCUT2D eigenvalue weighted by Gasteiger charge is -2.39. The summed E-state index contributed by atoms with van der Waals surface area (Å²) in [5.41, 5.74) is -0.544. The second kappa shape index (κ2) is 5.90. The van der Waals surface area contributed by atoms with Crippen LogP contribution in [0.25, 0.3) is 0 Å². The van der Waals surface area contributed by atoms with Crippen LogP contribution in [0.2, 0.25) is 0 Å². The third-order valence-corrected chi connectivity index (χ3v) is 3.61. The van der Waals surface area contributed by atoms with E-state index < -0.39 is 59.9 Å². The zero-order valence-electron chi connectivity index (χ0n) is 12.8. The van der Waals surface area contributed by atoms with E-state index in [1.807, 2.05) is 0 Å². The molecular formula is C12H8F13NO. The number of alkyl halides is 13. The Bertz CT molecular complexity index is 636. The van der Waals surface area contributed by atoms with E-state index in [1.54, 1.807) is 0 Å². The molecule has 0 aromatic carbocycles. The lowest BCUT2D eigenvalue weighted by molar-refractivity contribution is -0.440. The van der Waals surface area contributed by atoms with Crippen molar-refractivity contribution in [2.24, 2.45) is 0 Å². The molecule has 1 aliphatic rings. The predicted octanol–water partition coefficient (Wildman–Crippen LogP) is 4.51.